The maximum Gasteiger partial charge on any atom is 0.416 e. The van der Waals surface area contributed by atoms with Crippen LogP contribution in [0.3, 0.4) is 0 Å². The topological polar surface area (TPSA) is 96.0 Å². The van der Waals surface area contributed by atoms with Crippen LogP contribution in [0.4, 0.5) is 24.5 Å². The number of nitrogens with one attached hydrogen (secondary N) is 1. The molecule has 0 saturated heterocycles. The van der Waals surface area contributed by atoms with Gasteiger partial charge in [-0.1, -0.05) is 6.07 Å². The van der Waals surface area contributed by atoms with E-state index in [4.69, 9.17) is 5.26 Å². The molecule has 0 aliphatic rings. The Morgan fingerprint density at radius 2 is 1.85 bits per heavy atom. The first kappa shape index (κ1) is 18.7. The quantitative estimate of drug-likeness (QED) is 0.383. The lowest BCUT2D eigenvalue weighted by molar-refractivity contribution is -0.384. The summed E-state index contributed by atoms with van der Waals surface area (Å²) in [5.41, 5.74) is -1.22. The molecule has 1 amide bonds. The van der Waals surface area contributed by atoms with E-state index in [1.54, 1.807) is 6.07 Å². The van der Waals surface area contributed by atoms with E-state index >= 15 is 0 Å². The Bertz CT molecular complexity index is 913. The Kier molecular flexibility index (Phi) is 5.37. The normalized spacial score (nSPS) is 11.5. The van der Waals surface area contributed by atoms with Gasteiger partial charge in [0, 0.05) is 17.8 Å². The zero-order chi connectivity index (χ0) is 19.3. The van der Waals surface area contributed by atoms with Gasteiger partial charge in [0.05, 0.1) is 10.5 Å². The summed E-state index contributed by atoms with van der Waals surface area (Å²) in [4.78, 5) is 22.1. The van der Waals surface area contributed by atoms with E-state index in [1.165, 1.54) is 36.4 Å². The van der Waals surface area contributed by atoms with Gasteiger partial charge in [0.25, 0.3) is 11.6 Å². The van der Waals surface area contributed by atoms with Crippen LogP contribution in [0.15, 0.2) is 54.1 Å². The Morgan fingerprint density at radius 3 is 2.38 bits per heavy atom. The fourth-order valence-electron chi connectivity index (χ4n) is 1.98. The Morgan fingerprint density at radius 1 is 1.19 bits per heavy atom. The highest BCUT2D eigenvalue weighted by atomic mass is 19.4. The second-order valence-electron chi connectivity index (χ2n) is 5.05. The van der Waals surface area contributed by atoms with Crippen LogP contribution in [0.1, 0.15) is 11.1 Å². The van der Waals surface area contributed by atoms with Crippen molar-refractivity contribution in [2.75, 3.05) is 5.32 Å². The fourth-order valence-corrected chi connectivity index (χ4v) is 1.98. The van der Waals surface area contributed by atoms with E-state index in [-0.39, 0.29) is 16.9 Å². The predicted molar refractivity (Wildman–Crippen MR) is 86.8 cm³/mol. The summed E-state index contributed by atoms with van der Waals surface area (Å²) >= 11 is 0. The molecule has 132 valence electrons. The predicted octanol–water partition coefficient (Wildman–Crippen LogP) is 4.16. The molecule has 0 radical (unpaired) electrons. The summed E-state index contributed by atoms with van der Waals surface area (Å²) < 4.78 is 38.0. The number of carbonyl (C=O) groups excluding carboxylic acids is 1. The molecule has 1 N–H and O–H groups in total. The molecule has 0 unspecified atom stereocenters. The van der Waals surface area contributed by atoms with Crippen LogP contribution in [0.2, 0.25) is 0 Å². The molecule has 9 heteroatoms. The monoisotopic (exact) mass is 361 g/mol. The summed E-state index contributed by atoms with van der Waals surface area (Å²) in [5, 5.41) is 21.9. The fraction of sp³-hybridized carbons (Fsp3) is 0.0588. The van der Waals surface area contributed by atoms with Crippen molar-refractivity contribution in [3.63, 3.8) is 0 Å². The van der Waals surface area contributed by atoms with Crippen molar-refractivity contribution in [2.45, 2.75) is 6.18 Å². The average molecular weight is 361 g/mol. The van der Waals surface area contributed by atoms with Gasteiger partial charge >= 0.3 is 6.18 Å². The molecule has 0 atom stereocenters. The van der Waals surface area contributed by atoms with Gasteiger partial charge in [0.2, 0.25) is 0 Å². The summed E-state index contributed by atoms with van der Waals surface area (Å²) in [5.74, 6) is -0.898. The highest BCUT2D eigenvalue weighted by Gasteiger charge is 2.30. The first-order valence-corrected chi connectivity index (χ1v) is 7.05. The number of nitro groups is 1. The van der Waals surface area contributed by atoms with Crippen molar-refractivity contribution >= 4 is 23.4 Å². The number of anilines is 1. The Labute approximate surface area is 145 Å². The zero-order valence-electron chi connectivity index (χ0n) is 12.9. The molecular formula is C17H10F3N3O3. The number of halogens is 3. The largest absolute Gasteiger partial charge is 0.416 e. The molecule has 2 aromatic carbocycles. The highest BCUT2D eigenvalue weighted by Crippen LogP contribution is 2.30. The summed E-state index contributed by atoms with van der Waals surface area (Å²) in [7, 11) is 0. The number of rotatable bonds is 4. The second-order valence-corrected chi connectivity index (χ2v) is 5.05. The van der Waals surface area contributed by atoms with Crippen LogP contribution in [0.25, 0.3) is 6.08 Å². The SMILES string of the molecule is N#CC(=Cc1ccc([N+](=O)[O-])cc1)C(=O)Nc1cccc(C(F)(F)F)c1. The summed E-state index contributed by atoms with van der Waals surface area (Å²) in [6, 6.07) is 10.7. The molecule has 0 aliphatic carbocycles. The van der Waals surface area contributed by atoms with Crippen molar-refractivity contribution in [2.24, 2.45) is 0 Å². The molecule has 0 bridgehead atoms. The van der Waals surface area contributed by atoms with Crippen molar-refractivity contribution in [1.82, 2.24) is 0 Å². The lowest BCUT2D eigenvalue weighted by Crippen LogP contribution is -2.14. The minimum absolute atomic E-state index is 0.116. The first-order chi connectivity index (χ1) is 12.2. The van der Waals surface area contributed by atoms with E-state index in [0.29, 0.717) is 5.56 Å². The number of hydrogen-bond acceptors (Lipinski definition) is 4. The smallest absolute Gasteiger partial charge is 0.321 e. The molecule has 0 heterocycles. The molecule has 6 nitrogen and oxygen atoms in total. The molecule has 0 saturated carbocycles. The third-order valence-corrected chi connectivity index (χ3v) is 3.23. The van der Waals surface area contributed by atoms with Gasteiger partial charge < -0.3 is 5.32 Å². The van der Waals surface area contributed by atoms with E-state index in [2.05, 4.69) is 5.32 Å². The number of nitro benzene ring substituents is 1. The second kappa shape index (κ2) is 7.48. The Balaban J connectivity index is 2.21. The van der Waals surface area contributed by atoms with Crippen LogP contribution < -0.4 is 5.32 Å². The lowest BCUT2D eigenvalue weighted by atomic mass is 10.1. The van der Waals surface area contributed by atoms with Gasteiger partial charge in [0.15, 0.2) is 0 Å². The lowest BCUT2D eigenvalue weighted by Gasteiger charge is -2.09. The van der Waals surface area contributed by atoms with Crippen LogP contribution >= 0.6 is 0 Å². The molecule has 0 spiro atoms. The first-order valence-electron chi connectivity index (χ1n) is 7.05. The van der Waals surface area contributed by atoms with Gasteiger partial charge in [0.1, 0.15) is 11.6 Å². The van der Waals surface area contributed by atoms with E-state index in [9.17, 15) is 28.1 Å². The van der Waals surface area contributed by atoms with E-state index in [1.807, 2.05) is 0 Å². The number of hydrogen-bond donors (Lipinski definition) is 1. The van der Waals surface area contributed by atoms with Crippen molar-refractivity contribution in [3.8, 4) is 6.07 Å². The zero-order valence-corrected chi connectivity index (χ0v) is 12.9. The van der Waals surface area contributed by atoms with Gasteiger partial charge in [-0.3, -0.25) is 14.9 Å². The number of carbonyl (C=O) groups is 1. The summed E-state index contributed by atoms with van der Waals surface area (Å²) in [6.45, 7) is 0. The van der Waals surface area contributed by atoms with Crippen LogP contribution in [0.5, 0.6) is 0 Å². The van der Waals surface area contributed by atoms with Gasteiger partial charge in [-0.25, -0.2) is 0 Å². The molecule has 0 aromatic heterocycles. The molecule has 2 rings (SSSR count). The minimum atomic E-state index is -4.56. The van der Waals surface area contributed by atoms with Crippen LogP contribution in [0, 0.1) is 21.4 Å². The molecule has 26 heavy (non-hydrogen) atoms. The standard InChI is InChI=1S/C17H10F3N3O3/c18-17(19,20)13-2-1-3-14(9-13)22-16(24)12(10-21)8-11-4-6-15(7-5-11)23(25)26/h1-9H,(H,22,24). The summed E-state index contributed by atoms with van der Waals surface area (Å²) in [6.07, 6.45) is -3.39. The van der Waals surface area contributed by atoms with Gasteiger partial charge in [-0.05, 0) is 42.0 Å². The number of non-ortho nitro benzene ring substituents is 1. The highest BCUT2D eigenvalue weighted by molar-refractivity contribution is 6.09. The van der Waals surface area contributed by atoms with E-state index < -0.39 is 22.6 Å². The van der Waals surface area contributed by atoms with Crippen molar-refractivity contribution in [1.29, 1.82) is 5.26 Å². The van der Waals surface area contributed by atoms with Crippen LogP contribution in [-0.2, 0) is 11.0 Å². The number of nitriles is 1. The van der Waals surface area contributed by atoms with Gasteiger partial charge in [-0.15, -0.1) is 0 Å². The molecular weight excluding hydrogens is 351 g/mol. The maximum atomic E-state index is 12.7. The minimum Gasteiger partial charge on any atom is -0.321 e. The maximum absolute atomic E-state index is 12.7. The number of amides is 1. The van der Waals surface area contributed by atoms with Crippen molar-refractivity contribution in [3.05, 3.63) is 75.3 Å². The van der Waals surface area contributed by atoms with Crippen molar-refractivity contribution < 1.29 is 22.9 Å². The molecule has 0 aliphatic heterocycles. The number of benzene rings is 2. The third kappa shape index (κ3) is 4.67. The Hall–Kier alpha value is -3.67. The van der Waals surface area contributed by atoms with E-state index in [0.717, 1.165) is 18.2 Å². The van der Waals surface area contributed by atoms with Crippen LogP contribution in [-0.4, -0.2) is 10.8 Å². The number of alkyl halides is 3. The molecule has 2 aromatic rings. The number of nitrogens with zero attached hydrogens (tertiary/aromatic N) is 2. The third-order valence-electron chi connectivity index (χ3n) is 3.23. The van der Waals surface area contributed by atoms with Gasteiger partial charge in [-0.2, -0.15) is 18.4 Å². The molecule has 0 fully saturated rings. The average Bonchev–Trinajstić information content (AvgIpc) is 2.59.